The number of carbonyl (C=O) groups is 2. The molecule has 1 aliphatic heterocycles. The Morgan fingerprint density at radius 1 is 1.00 bits per heavy atom. The summed E-state index contributed by atoms with van der Waals surface area (Å²) in [5.74, 6) is -0.759. The molecule has 1 heterocycles. The van der Waals surface area contributed by atoms with Crippen LogP contribution in [0, 0.1) is 11.8 Å². The summed E-state index contributed by atoms with van der Waals surface area (Å²) in [5.41, 5.74) is 1.19. The molecule has 1 saturated carbocycles. The number of hydrogen-bond donors (Lipinski definition) is 1. The van der Waals surface area contributed by atoms with Crippen LogP contribution in [0.25, 0.3) is 0 Å². The first-order valence-corrected chi connectivity index (χ1v) is 9.14. The molecule has 2 aliphatic rings. The van der Waals surface area contributed by atoms with Crippen molar-refractivity contribution in [2.24, 2.45) is 11.8 Å². The van der Waals surface area contributed by atoms with Gasteiger partial charge in [0.1, 0.15) is 0 Å². The van der Waals surface area contributed by atoms with Crippen molar-refractivity contribution in [1.29, 1.82) is 0 Å². The Kier molecular flexibility index (Phi) is 5.05. The molecule has 1 aliphatic carbocycles. The van der Waals surface area contributed by atoms with Gasteiger partial charge in [-0.25, -0.2) is 0 Å². The fourth-order valence-electron chi connectivity index (χ4n) is 3.88. The molecule has 5 heteroatoms. The largest absolute Gasteiger partial charge is 0.481 e. The highest BCUT2D eigenvalue weighted by Crippen LogP contribution is 2.37. The van der Waals surface area contributed by atoms with Gasteiger partial charge in [0.25, 0.3) is 0 Å². The summed E-state index contributed by atoms with van der Waals surface area (Å²) < 4.78 is 1.05. The number of nitrogens with zero attached hydrogens (tertiary/aromatic N) is 1. The minimum absolute atomic E-state index is 0.00153. The molecule has 0 spiro atoms. The van der Waals surface area contributed by atoms with E-state index in [2.05, 4.69) is 28.1 Å². The Morgan fingerprint density at radius 2 is 1.61 bits per heavy atom. The molecule has 1 atom stereocenters. The molecule has 23 heavy (non-hydrogen) atoms. The summed E-state index contributed by atoms with van der Waals surface area (Å²) in [6, 6.07) is 8.39. The molecule has 4 nitrogen and oxygen atoms in total. The molecular weight excluding hydrogens is 358 g/mol. The number of hydrogen-bond acceptors (Lipinski definition) is 2. The monoisotopic (exact) mass is 379 g/mol. The van der Waals surface area contributed by atoms with Crippen LogP contribution in [0.4, 0.5) is 0 Å². The van der Waals surface area contributed by atoms with Crippen molar-refractivity contribution in [1.82, 2.24) is 4.90 Å². The Balaban J connectivity index is 1.67. The van der Waals surface area contributed by atoms with Gasteiger partial charge in [-0.15, -0.1) is 0 Å². The van der Waals surface area contributed by atoms with E-state index in [1.165, 1.54) is 5.56 Å². The van der Waals surface area contributed by atoms with E-state index in [1.54, 1.807) is 0 Å². The summed E-state index contributed by atoms with van der Waals surface area (Å²) >= 11 is 3.45. The van der Waals surface area contributed by atoms with Crippen LogP contribution in [0.1, 0.15) is 50.1 Å². The second kappa shape index (κ2) is 7.04. The number of likely N-dealkylation sites (tertiary alicyclic amines) is 1. The van der Waals surface area contributed by atoms with Gasteiger partial charge in [0.05, 0.1) is 12.0 Å². The average molecular weight is 380 g/mol. The zero-order chi connectivity index (χ0) is 16.4. The van der Waals surface area contributed by atoms with Crippen molar-refractivity contribution in [2.75, 3.05) is 6.54 Å². The first-order chi connectivity index (χ1) is 11.1. The van der Waals surface area contributed by atoms with Gasteiger partial charge in [0.2, 0.25) is 5.91 Å². The standard InChI is InChI=1S/C18H22BrNO3/c19-15-9-7-12(8-10-15)16-2-1-11-20(16)17(21)13-3-5-14(6-4-13)18(22)23/h7-10,13-14,16H,1-6,11H2,(H,22,23). The Hall–Kier alpha value is -1.36. The van der Waals surface area contributed by atoms with Gasteiger partial charge in [-0.05, 0) is 56.2 Å². The number of halogens is 1. The second-order valence-corrected chi connectivity index (χ2v) is 7.54. The Labute approximate surface area is 145 Å². The lowest BCUT2D eigenvalue weighted by molar-refractivity contribution is -0.146. The SMILES string of the molecule is O=C(O)C1CCC(C(=O)N2CCCC2c2ccc(Br)cc2)CC1. The van der Waals surface area contributed by atoms with Crippen molar-refractivity contribution >= 4 is 27.8 Å². The van der Waals surface area contributed by atoms with Crippen LogP contribution >= 0.6 is 15.9 Å². The molecule has 1 aromatic carbocycles. The normalized spacial score (nSPS) is 27.9. The van der Waals surface area contributed by atoms with Gasteiger partial charge in [-0.1, -0.05) is 28.1 Å². The smallest absolute Gasteiger partial charge is 0.306 e. The second-order valence-electron chi connectivity index (χ2n) is 6.63. The van der Waals surface area contributed by atoms with E-state index in [0.29, 0.717) is 25.7 Å². The van der Waals surface area contributed by atoms with Crippen LogP contribution in [-0.2, 0) is 9.59 Å². The van der Waals surface area contributed by atoms with Gasteiger partial charge in [0, 0.05) is 16.9 Å². The number of benzene rings is 1. The molecule has 1 saturated heterocycles. The van der Waals surface area contributed by atoms with Gasteiger partial charge in [-0.3, -0.25) is 9.59 Å². The van der Waals surface area contributed by atoms with Crippen molar-refractivity contribution in [3.8, 4) is 0 Å². The maximum atomic E-state index is 12.9. The van der Waals surface area contributed by atoms with Gasteiger partial charge in [0.15, 0.2) is 0 Å². The molecule has 0 aromatic heterocycles. The first kappa shape index (κ1) is 16.5. The summed E-state index contributed by atoms with van der Waals surface area (Å²) in [5, 5.41) is 9.09. The molecule has 1 unspecified atom stereocenters. The van der Waals surface area contributed by atoms with Gasteiger partial charge < -0.3 is 10.0 Å². The first-order valence-electron chi connectivity index (χ1n) is 8.35. The average Bonchev–Trinajstić information content (AvgIpc) is 3.04. The molecule has 3 rings (SSSR count). The quantitative estimate of drug-likeness (QED) is 0.862. The van der Waals surface area contributed by atoms with Crippen LogP contribution in [0.15, 0.2) is 28.7 Å². The van der Waals surface area contributed by atoms with E-state index in [-0.39, 0.29) is 23.8 Å². The fourth-order valence-corrected chi connectivity index (χ4v) is 4.15. The van der Waals surface area contributed by atoms with Gasteiger partial charge >= 0.3 is 5.97 Å². The highest BCUT2D eigenvalue weighted by molar-refractivity contribution is 9.10. The Bertz CT molecular complexity index is 578. The molecule has 0 bridgehead atoms. The highest BCUT2D eigenvalue weighted by Gasteiger charge is 2.36. The molecule has 1 amide bonds. The minimum atomic E-state index is -0.718. The Morgan fingerprint density at radius 3 is 2.22 bits per heavy atom. The number of aliphatic carboxylic acids is 1. The van der Waals surface area contributed by atoms with Crippen molar-refractivity contribution in [2.45, 2.75) is 44.6 Å². The zero-order valence-corrected chi connectivity index (χ0v) is 14.7. The van der Waals surface area contributed by atoms with E-state index in [4.69, 9.17) is 5.11 Å². The minimum Gasteiger partial charge on any atom is -0.481 e. The van der Waals surface area contributed by atoms with Crippen molar-refractivity contribution < 1.29 is 14.7 Å². The third-order valence-electron chi connectivity index (χ3n) is 5.22. The third-order valence-corrected chi connectivity index (χ3v) is 5.74. The van der Waals surface area contributed by atoms with Gasteiger partial charge in [-0.2, -0.15) is 0 Å². The topological polar surface area (TPSA) is 57.6 Å². The van der Waals surface area contributed by atoms with Crippen molar-refractivity contribution in [3.05, 3.63) is 34.3 Å². The number of amides is 1. The summed E-state index contributed by atoms with van der Waals surface area (Å²) in [6.45, 7) is 0.818. The predicted octanol–water partition coefficient (Wildman–Crippen LogP) is 4.00. The van der Waals surface area contributed by atoms with Crippen LogP contribution in [0.2, 0.25) is 0 Å². The lowest BCUT2D eigenvalue weighted by Crippen LogP contribution is -2.38. The van der Waals surface area contributed by atoms with E-state index in [9.17, 15) is 9.59 Å². The van der Waals surface area contributed by atoms with Crippen LogP contribution < -0.4 is 0 Å². The van der Waals surface area contributed by atoms with Crippen molar-refractivity contribution in [3.63, 3.8) is 0 Å². The molecule has 124 valence electrons. The van der Waals surface area contributed by atoms with Crippen LogP contribution in [-0.4, -0.2) is 28.4 Å². The number of carboxylic acids is 1. The van der Waals surface area contributed by atoms with E-state index in [0.717, 1.165) is 23.9 Å². The molecule has 1 aromatic rings. The zero-order valence-electron chi connectivity index (χ0n) is 13.1. The molecule has 1 N–H and O–H groups in total. The third kappa shape index (κ3) is 3.60. The van der Waals surface area contributed by atoms with Crippen LogP contribution in [0.5, 0.6) is 0 Å². The lowest BCUT2D eigenvalue weighted by Gasteiger charge is -2.32. The number of carboxylic acid groups (broad SMARTS) is 1. The predicted molar refractivity (Wildman–Crippen MR) is 90.9 cm³/mol. The van der Waals surface area contributed by atoms with E-state index >= 15 is 0 Å². The maximum absolute atomic E-state index is 12.9. The molecule has 0 radical (unpaired) electrons. The fraction of sp³-hybridized carbons (Fsp3) is 0.556. The summed E-state index contributed by atoms with van der Waals surface area (Å²) in [4.78, 5) is 26.0. The lowest BCUT2D eigenvalue weighted by atomic mass is 9.81. The summed E-state index contributed by atoms with van der Waals surface area (Å²) in [7, 11) is 0. The number of carbonyl (C=O) groups excluding carboxylic acids is 1. The van der Waals surface area contributed by atoms with Crippen LogP contribution in [0.3, 0.4) is 0 Å². The highest BCUT2D eigenvalue weighted by atomic mass is 79.9. The molecule has 2 fully saturated rings. The maximum Gasteiger partial charge on any atom is 0.306 e. The van der Waals surface area contributed by atoms with E-state index < -0.39 is 5.97 Å². The number of rotatable bonds is 3. The van der Waals surface area contributed by atoms with E-state index in [1.807, 2.05) is 17.0 Å². The summed E-state index contributed by atoms with van der Waals surface area (Å²) in [6.07, 6.45) is 4.72. The molecular formula is C18H22BrNO3.